The first-order chi connectivity index (χ1) is 10.0. The smallest absolute Gasteiger partial charge is 0.337 e. The molecule has 108 valence electrons. The highest BCUT2D eigenvalue weighted by Gasteiger charge is 2.12. The number of nitrogens with two attached hydrogens (primary N) is 1. The lowest BCUT2D eigenvalue weighted by Crippen LogP contribution is -2.13. The average Bonchev–Trinajstić information content (AvgIpc) is 2.48. The predicted molar refractivity (Wildman–Crippen MR) is 79.4 cm³/mol. The van der Waals surface area contributed by atoms with Crippen molar-refractivity contribution >= 4 is 34.9 Å². The number of methoxy groups -OCH3 is 1. The Bertz CT molecular complexity index is 704. The van der Waals surface area contributed by atoms with Gasteiger partial charge >= 0.3 is 5.97 Å². The lowest BCUT2D eigenvalue weighted by molar-refractivity contribution is 0.0600. The Morgan fingerprint density at radius 3 is 2.67 bits per heavy atom. The van der Waals surface area contributed by atoms with Gasteiger partial charge in [-0.05, 0) is 24.3 Å². The van der Waals surface area contributed by atoms with E-state index in [0.29, 0.717) is 16.4 Å². The highest BCUT2D eigenvalue weighted by atomic mass is 35.5. The van der Waals surface area contributed by atoms with Crippen LogP contribution in [-0.4, -0.2) is 24.0 Å². The van der Waals surface area contributed by atoms with Crippen LogP contribution in [0.25, 0.3) is 0 Å². The Hall–Kier alpha value is -2.60. The third kappa shape index (κ3) is 3.49. The molecule has 0 bridgehead atoms. The number of hydrogen-bond acceptors (Lipinski definition) is 5. The minimum Gasteiger partial charge on any atom is -0.465 e. The molecule has 0 radical (unpaired) electrons. The number of aromatic nitrogens is 1. The first-order valence-electron chi connectivity index (χ1n) is 5.91. The summed E-state index contributed by atoms with van der Waals surface area (Å²) in [5.74, 6) is -0.952. The number of halogens is 1. The SMILES string of the molecule is COC(=O)c1ccc(Cl)c(NC(=O)c2cncc(N)c2)c1. The number of amides is 1. The first-order valence-corrected chi connectivity index (χ1v) is 6.29. The van der Waals surface area contributed by atoms with Gasteiger partial charge in [0.05, 0.1) is 34.6 Å². The van der Waals surface area contributed by atoms with Crippen LogP contribution in [0.1, 0.15) is 20.7 Å². The van der Waals surface area contributed by atoms with Gasteiger partial charge in [0.2, 0.25) is 0 Å². The number of benzene rings is 1. The molecule has 0 unspecified atom stereocenters. The molecule has 0 aliphatic heterocycles. The summed E-state index contributed by atoms with van der Waals surface area (Å²) in [4.78, 5) is 27.4. The largest absolute Gasteiger partial charge is 0.465 e. The molecule has 1 aromatic heterocycles. The standard InChI is InChI=1S/C14H12ClN3O3/c1-21-14(20)8-2-3-11(15)12(5-8)18-13(19)9-4-10(16)7-17-6-9/h2-7H,16H2,1H3,(H,18,19). The highest BCUT2D eigenvalue weighted by Crippen LogP contribution is 2.24. The molecule has 0 saturated carbocycles. The van der Waals surface area contributed by atoms with Crippen molar-refractivity contribution in [1.82, 2.24) is 4.98 Å². The van der Waals surface area contributed by atoms with E-state index in [2.05, 4.69) is 15.0 Å². The summed E-state index contributed by atoms with van der Waals surface area (Å²) in [6.07, 6.45) is 2.81. The molecular weight excluding hydrogens is 294 g/mol. The molecule has 1 heterocycles. The summed E-state index contributed by atoms with van der Waals surface area (Å²) >= 11 is 6.00. The fourth-order valence-electron chi connectivity index (χ4n) is 1.64. The maximum atomic E-state index is 12.1. The molecule has 0 spiro atoms. The average molecular weight is 306 g/mol. The third-order valence-corrected chi connectivity index (χ3v) is 2.99. The molecule has 0 atom stereocenters. The van der Waals surface area contributed by atoms with Crippen LogP contribution < -0.4 is 11.1 Å². The van der Waals surface area contributed by atoms with Crippen molar-refractivity contribution in [3.8, 4) is 0 Å². The molecule has 2 aromatic rings. The quantitative estimate of drug-likeness (QED) is 0.849. The van der Waals surface area contributed by atoms with Gasteiger partial charge in [0, 0.05) is 12.4 Å². The molecule has 0 fully saturated rings. The maximum absolute atomic E-state index is 12.1. The van der Waals surface area contributed by atoms with Crippen LogP contribution in [0.4, 0.5) is 11.4 Å². The van der Waals surface area contributed by atoms with E-state index in [0.717, 1.165) is 0 Å². The van der Waals surface area contributed by atoms with Crippen molar-refractivity contribution < 1.29 is 14.3 Å². The normalized spacial score (nSPS) is 10.0. The summed E-state index contributed by atoms with van der Waals surface area (Å²) in [7, 11) is 1.27. The number of carbonyl (C=O) groups excluding carboxylic acids is 2. The fourth-order valence-corrected chi connectivity index (χ4v) is 1.81. The van der Waals surface area contributed by atoms with Crippen LogP contribution in [0.5, 0.6) is 0 Å². The summed E-state index contributed by atoms with van der Waals surface area (Å²) in [5.41, 5.74) is 6.81. The minimum absolute atomic E-state index is 0.280. The summed E-state index contributed by atoms with van der Waals surface area (Å²) in [6, 6.07) is 5.93. The minimum atomic E-state index is -0.521. The maximum Gasteiger partial charge on any atom is 0.337 e. The van der Waals surface area contributed by atoms with E-state index >= 15 is 0 Å². The first kappa shape index (κ1) is 14.8. The van der Waals surface area contributed by atoms with Gasteiger partial charge in [-0.15, -0.1) is 0 Å². The van der Waals surface area contributed by atoms with E-state index in [1.807, 2.05) is 0 Å². The molecule has 6 nitrogen and oxygen atoms in total. The number of ether oxygens (including phenoxy) is 1. The number of anilines is 2. The Morgan fingerprint density at radius 2 is 2.00 bits per heavy atom. The second kappa shape index (κ2) is 6.23. The number of hydrogen-bond donors (Lipinski definition) is 2. The number of nitrogens with one attached hydrogen (secondary N) is 1. The van der Waals surface area contributed by atoms with Gasteiger partial charge in [0.25, 0.3) is 5.91 Å². The van der Waals surface area contributed by atoms with Gasteiger partial charge < -0.3 is 15.8 Å². The zero-order chi connectivity index (χ0) is 15.4. The van der Waals surface area contributed by atoms with Crippen LogP contribution in [0.2, 0.25) is 5.02 Å². The lowest BCUT2D eigenvalue weighted by atomic mass is 10.2. The Balaban J connectivity index is 2.26. The molecule has 0 aliphatic rings. The number of carbonyl (C=O) groups is 2. The molecule has 1 amide bonds. The van der Waals surface area contributed by atoms with Crippen LogP contribution in [0.3, 0.4) is 0 Å². The van der Waals surface area contributed by atoms with E-state index in [-0.39, 0.29) is 11.1 Å². The van der Waals surface area contributed by atoms with E-state index in [1.54, 1.807) is 0 Å². The molecule has 21 heavy (non-hydrogen) atoms. The van der Waals surface area contributed by atoms with Gasteiger partial charge in [-0.3, -0.25) is 9.78 Å². The van der Waals surface area contributed by atoms with E-state index in [9.17, 15) is 9.59 Å². The zero-order valence-electron chi connectivity index (χ0n) is 11.1. The topological polar surface area (TPSA) is 94.3 Å². The van der Waals surface area contributed by atoms with Crippen molar-refractivity contribution in [2.45, 2.75) is 0 Å². The number of nitrogen functional groups attached to an aromatic ring is 1. The Labute approximate surface area is 125 Å². The van der Waals surface area contributed by atoms with E-state index < -0.39 is 11.9 Å². The van der Waals surface area contributed by atoms with Gasteiger partial charge in [0.1, 0.15) is 0 Å². The van der Waals surface area contributed by atoms with Gasteiger partial charge in [0.15, 0.2) is 0 Å². The van der Waals surface area contributed by atoms with Crippen molar-refractivity contribution in [3.05, 3.63) is 52.8 Å². The van der Waals surface area contributed by atoms with Gasteiger partial charge in [-0.2, -0.15) is 0 Å². The Morgan fingerprint density at radius 1 is 1.24 bits per heavy atom. The fraction of sp³-hybridized carbons (Fsp3) is 0.0714. The van der Waals surface area contributed by atoms with E-state index in [1.165, 1.54) is 43.8 Å². The van der Waals surface area contributed by atoms with Crippen LogP contribution in [-0.2, 0) is 4.74 Å². The lowest BCUT2D eigenvalue weighted by Gasteiger charge is -2.09. The number of pyridine rings is 1. The summed E-state index contributed by atoms with van der Waals surface area (Å²) in [6.45, 7) is 0. The number of rotatable bonds is 3. The molecule has 2 rings (SSSR count). The second-order valence-electron chi connectivity index (χ2n) is 4.15. The second-order valence-corrected chi connectivity index (χ2v) is 4.55. The zero-order valence-corrected chi connectivity index (χ0v) is 11.8. The predicted octanol–water partition coefficient (Wildman–Crippen LogP) is 2.36. The molecule has 3 N–H and O–H groups in total. The summed E-state index contributed by atoms with van der Waals surface area (Å²) in [5, 5.41) is 2.90. The molecule has 1 aromatic carbocycles. The van der Waals surface area contributed by atoms with E-state index in [4.69, 9.17) is 17.3 Å². The van der Waals surface area contributed by atoms with Gasteiger partial charge in [-0.25, -0.2) is 4.79 Å². The number of nitrogens with zero attached hydrogens (tertiary/aromatic N) is 1. The Kier molecular flexibility index (Phi) is 4.39. The molecule has 0 aliphatic carbocycles. The van der Waals surface area contributed by atoms with Crippen molar-refractivity contribution in [2.75, 3.05) is 18.2 Å². The summed E-state index contributed by atoms with van der Waals surface area (Å²) < 4.78 is 4.62. The van der Waals surface area contributed by atoms with Gasteiger partial charge in [-0.1, -0.05) is 11.6 Å². The third-order valence-electron chi connectivity index (χ3n) is 2.66. The van der Waals surface area contributed by atoms with Crippen molar-refractivity contribution in [1.29, 1.82) is 0 Å². The number of esters is 1. The molecule has 0 saturated heterocycles. The monoisotopic (exact) mass is 305 g/mol. The van der Waals surface area contributed by atoms with Crippen molar-refractivity contribution in [2.24, 2.45) is 0 Å². The highest BCUT2D eigenvalue weighted by molar-refractivity contribution is 6.34. The van der Waals surface area contributed by atoms with Crippen LogP contribution in [0, 0.1) is 0 Å². The molecule has 7 heteroatoms. The van der Waals surface area contributed by atoms with Crippen molar-refractivity contribution in [3.63, 3.8) is 0 Å². The van der Waals surface area contributed by atoms with Crippen LogP contribution >= 0.6 is 11.6 Å². The van der Waals surface area contributed by atoms with Crippen LogP contribution in [0.15, 0.2) is 36.7 Å². The molecular formula is C14H12ClN3O3.